The topological polar surface area (TPSA) is 23.2 Å². The summed E-state index contributed by atoms with van der Waals surface area (Å²) in [5.74, 6) is 0.928. The van der Waals surface area contributed by atoms with Crippen LogP contribution in [-0.4, -0.2) is 19.4 Å². The average Bonchev–Trinajstić information content (AvgIpc) is 2.57. The quantitative estimate of drug-likeness (QED) is 0.546. The molecular weight excluding hydrogens is 391 g/mol. The van der Waals surface area contributed by atoms with Crippen molar-refractivity contribution in [1.29, 1.82) is 0 Å². The molecular formula is C18H18F6NOP. The standard InChI is InChI=1S/C18H17NO.F6P/c1-20-16-8-9-17-15(13-16)11-12-19-18(17)10-7-14-5-3-2-4-6-14;1-7(2,3,4,5)6/h2-10,13H,11-12H2,1H3;/q;-1/p+1/b10-7+;. The molecule has 0 saturated carbocycles. The van der Waals surface area contributed by atoms with Crippen molar-refractivity contribution in [2.75, 3.05) is 13.7 Å². The van der Waals surface area contributed by atoms with Crippen molar-refractivity contribution in [3.8, 4) is 5.75 Å². The van der Waals surface area contributed by atoms with E-state index >= 15 is 0 Å². The van der Waals surface area contributed by atoms with Crippen LogP contribution >= 0.6 is 7.81 Å². The zero-order chi connectivity index (χ0) is 20.2. The van der Waals surface area contributed by atoms with Gasteiger partial charge in [-0.3, -0.25) is 0 Å². The molecule has 0 radical (unpaired) electrons. The van der Waals surface area contributed by atoms with E-state index in [9.17, 15) is 25.2 Å². The first-order valence-corrected chi connectivity index (χ1v) is 9.92. The Hall–Kier alpha value is -2.34. The first-order chi connectivity index (χ1) is 12.3. The molecule has 0 amide bonds. The molecule has 0 aromatic heterocycles. The summed E-state index contributed by atoms with van der Waals surface area (Å²) in [6, 6.07) is 16.6. The molecule has 1 aliphatic rings. The fourth-order valence-electron chi connectivity index (χ4n) is 2.49. The first-order valence-electron chi connectivity index (χ1n) is 7.89. The van der Waals surface area contributed by atoms with Crippen molar-refractivity contribution >= 4 is 19.6 Å². The second-order valence-corrected chi connectivity index (χ2v) is 7.73. The van der Waals surface area contributed by atoms with E-state index in [1.54, 1.807) is 7.11 Å². The van der Waals surface area contributed by atoms with Gasteiger partial charge in [0.15, 0.2) is 0 Å². The average molecular weight is 409 g/mol. The maximum absolute atomic E-state index is 10.7. The van der Waals surface area contributed by atoms with E-state index in [1.165, 1.54) is 22.4 Å². The molecule has 1 heterocycles. The van der Waals surface area contributed by atoms with E-state index in [0.29, 0.717) is 0 Å². The third-order valence-electron chi connectivity index (χ3n) is 3.55. The van der Waals surface area contributed by atoms with Gasteiger partial charge in [-0.05, 0) is 35.4 Å². The number of allylic oxidation sites excluding steroid dienone is 1. The SMILES string of the molecule is COc1ccc2c(c1)CC[NH+]=C2/C=C/c1ccccc1.F[P-](F)(F)(F)(F)F. The van der Waals surface area contributed by atoms with E-state index in [4.69, 9.17) is 4.74 Å². The van der Waals surface area contributed by atoms with Gasteiger partial charge in [-0.25, -0.2) is 4.99 Å². The molecule has 2 nitrogen and oxygen atoms in total. The Kier molecular flexibility index (Phi) is 5.44. The van der Waals surface area contributed by atoms with Gasteiger partial charge < -0.3 is 4.74 Å². The number of benzene rings is 2. The summed E-state index contributed by atoms with van der Waals surface area (Å²) in [6.07, 6.45) is 5.33. The van der Waals surface area contributed by atoms with Crippen LogP contribution in [0.2, 0.25) is 0 Å². The Morgan fingerprint density at radius 1 is 0.926 bits per heavy atom. The normalized spacial score (nSPS) is 16.3. The Balaban J connectivity index is 0.000000321. The molecule has 27 heavy (non-hydrogen) atoms. The number of fused-ring (bicyclic) bond motifs is 1. The van der Waals surface area contributed by atoms with Crippen molar-refractivity contribution in [1.82, 2.24) is 0 Å². The molecule has 1 N–H and O–H groups in total. The van der Waals surface area contributed by atoms with Gasteiger partial charge >= 0.3 is 33.0 Å². The monoisotopic (exact) mass is 409 g/mol. The van der Waals surface area contributed by atoms with Crippen LogP contribution < -0.4 is 9.73 Å². The molecule has 0 fully saturated rings. The second-order valence-electron chi connectivity index (χ2n) is 5.82. The Bertz CT molecular complexity index is 849. The molecule has 0 spiro atoms. The van der Waals surface area contributed by atoms with Crippen LogP contribution in [0.25, 0.3) is 6.08 Å². The number of halogens is 6. The van der Waals surface area contributed by atoms with Crippen LogP contribution in [0, 0.1) is 0 Å². The van der Waals surface area contributed by atoms with Crippen molar-refractivity contribution in [2.24, 2.45) is 0 Å². The zero-order valence-corrected chi connectivity index (χ0v) is 15.2. The summed E-state index contributed by atoms with van der Waals surface area (Å²) < 4.78 is 64.5. The van der Waals surface area contributed by atoms with Gasteiger partial charge in [-0.15, -0.1) is 0 Å². The molecule has 148 valence electrons. The Morgan fingerprint density at radius 3 is 2.15 bits per heavy atom. The van der Waals surface area contributed by atoms with Gasteiger partial charge in [0.05, 0.1) is 7.11 Å². The summed E-state index contributed by atoms with van der Waals surface area (Å²) >= 11 is 0. The number of hydrogen-bond donors (Lipinski definition) is 1. The van der Waals surface area contributed by atoms with Gasteiger partial charge in [0.1, 0.15) is 12.3 Å². The molecule has 0 aliphatic carbocycles. The zero-order valence-electron chi connectivity index (χ0n) is 14.3. The minimum absolute atomic E-state index is 0.928. The third kappa shape index (κ3) is 8.73. The van der Waals surface area contributed by atoms with Crippen molar-refractivity contribution in [3.05, 3.63) is 71.3 Å². The number of nitrogens with one attached hydrogen (secondary N) is 1. The Labute approximate surface area is 152 Å². The fraction of sp³-hybridized carbons (Fsp3) is 0.167. The maximum atomic E-state index is 9.87. The number of rotatable bonds is 3. The van der Waals surface area contributed by atoms with Crippen LogP contribution in [0.1, 0.15) is 16.7 Å². The van der Waals surface area contributed by atoms with E-state index in [2.05, 4.69) is 53.5 Å². The molecule has 9 heteroatoms. The Morgan fingerprint density at radius 2 is 1.56 bits per heavy atom. The van der Waals surface area contributed by atoms with E-state index in [1.807, 2.05) is 12.1 Å². The van der Waals surface area contributed by atoms with Crippen LogP contribution in [-0.2, 0) is 6.42 Å². The van der Waals surface area contributed by atoms with Crippen molar-refractivity contribution in [3.63, 3.8) is 0 Å². The molecule has 0 atom stereocenters. The predicted molar refractivity (Wildman–Crippen MR) is 95.7 cm³/mol. The van der Waals surface area contributed by atoms with Crippen LogP contribution in [0.15, 0.2) is 54.6 Å². The second kappa shape index (κ2) is 7.00. The van der Waals surface area contributed by atoms with Crippen molar-refractivity contribution < 1.29 is 34.9 Å². The number of methoxy groups -OCH3 is 1. The first kappa shape index (κ1) is 21.0. The fourth-order valence-corrected chi connectivity index (χ4v) is 2.49. The summed E-state index contributed by atoms with van der Waals surface area (Å²) in [5.41, 5.74) is 5.00. The molecule has 0 saturated heterocycles. The number of hydrogen-bond acceptors (Lipinski definition) is 1. The number of ether oxygens (including phenoxy) is 1. The van der Waals surface area contributed by atoms with Gasteiger partial charge in [-0.1, -0.05) is 30.3 Å². The van der Waals surface area contributed by atoms with Crippen LogP contribution in [0.3, 0.4) is 0 Å². The molecule has 1 aliphatic heterocycles. The molecule has 3 rings (SSSR count). The summed E-state index contributed by atoms with van der Waals surface area (Å²) in [6.45, 7) is 0.967. The van der Waals surface area contributed by atoms with Crippen molar-refractivity contribution in [2.45, 2.75) is 6.42 Å². The molecule has 2 aromatic rings. The van der Waals surface area contributed by atoms with Crippen LogP contribution in [0.5, 0.6) is 5.75 Å². The minimum atomic E-state index is -10.7. The predicted octanol–water partition coefficient (Wildman–Crippen LogP) is 5.22. The van der Waals surface area contributed by atoms with Gasteiger partial charge in [0.25, 0.3) is 0 Å². The van der Waals surface area contributed by atoms with Crippen LogP contribution in [0.4, 0.5) is 25.2 Å². The third-order valence-corrected chi connectivity index (χ3v) is 3.55. The van der Waals surface area contributed by atoms with E-state index < -0.39 is 7.81 Å². The molecule has 2 aromatic carbocycles. The summed E-state index contributed by atoms with van der Waals surface area (Å²) in [7, 11) is -8.95. The summed E-state index contributed by atoms with van der Waals surface area (Å²) in [4.78, 5) is 3.47. The van der Waals surface area contributed by atoms with E-state index in [-0.39, 0.29) is 0 Å². The van der Waals surface area contributed by atoms with E-state index in [0.717, 1.165) is 18.7 Å². The van der Waals surface area contributed by atoms with Gasteiger partial charge in [0, 0.05) is 18.1 Å². The molecule has 0 unspecified atom stereocenters. The molecule has 0 bridgehead atoms. The summed E-state index contributed by atoms with van der Waals surface area (Å²) in [5, 5.41) is 0. The van der Waals surface area contributed by atoms with Gasteiger partial charge in [0.2, 0.25) is 5.71 Å². The van der Waals surface area contributed by atoms with Gasteiger partial charge in [-0.2, -0.15) is 0 Å².